The highest BCUT2D eigenvalue weighted by Crippen LogP contribution is 2.29. The van der Waals surface area contributed by atoms with E-state index in [9.17, 15) is 9.90 Å². The number of hydrogen-bond donors (Lipinski definition) is 4. The highest BCUT2D eigenvalue weighted by Gasteiger charge is 2.33. The smallest absolute Gasteiger partial charge is 0.317 e. The highest BCUT2D eigenvalue weighted by atomic mass is 17.1. The molecule has 10 nitrogen and oxygen atoms in total. The molecule has 1 saturated carbocycles. The first-order chi connectivity index (χ1) is 12.5. The lowest BCUT2D eigenvalue weighted by atomic mass is 9.83. The Morgan fingerprint density at radius 2 is 1.69 bits per heavy atom. The van der Waals surface area contributed by atoms with Crippen molar-refractivity contribution in [3.05, 3.63) is 0 Å². The van der Waals surface area contributed by atoms with E-state index in [-0.39, 0.29) is 44.4 Å². The molecule has 0 bridgehead atoms. The summed E-state index contributed by atoms with van der Waals surface area (Å²) in [5, 5.41) is 35.3. The van der Waals surface area contributed by atoms with Crippen LogP contribution in [-0.2, 0) is 19.5 Å². The van der Waals surface area contributed by atoms with Crippen LogP contribution >= 0.6 is 0 Å². The van der Waals surface area contributed by atoms with Crippen LogP contribution in [0.1, 0.15) is 32.6 Å². The summed E-state index contributed by atoms with van der Waals surface area (Å²) in [6.45, 7) is 3.54. The topological polar surface area (TPSA) is 132 Å². The Hall–Kier alpha value is -0.850. The van der Waals surface area contributed by atoms with Gasteiger partial charge in [0.1, 0.15) is 0 Å². The molecule has 0 radical (unpaired) electrons. The van der Waals surface area contributed by atoms with Crippen LogP contribution in [0.25, 0.3) is 0 Å². The van der Waals surface area contributed by atoms with Crippen molar-refractivity contribution < 1.29 is 40.3 Å². The Balaban J connectivity index is 2.80. The third kappa shape index (κ3) is 8.23. The minimum atomic E-state index is -0.907. The molecular weight excluding hydrogens is 348 g/mol. The van der Waals surface area contributed by atoms with E-state index in [4.69, 9.17) is 15.8 Å². The number of nitrogens with zero attached hydrogens (tertiary/aromatic N) is 2. The van der Waals surface area contributed by atoms with E-state index in [0.717, 1.165) is 25.7 Å². The Kier molecular flexibility index (Phi) is 11.9. The number of carboxylic acid groups (broad SMARTS) is 1. The van der Waals surface area contributed by atoms with Gasteiger partial charge in [0.05, 0.1) is 26.4 Å². The van der Waals surface area contributed by atoms with Crippen molar-refractivity contribution in [3.63, 3.8) is 0 Å². The number of aliphatic carboxylic acids is 1. The van der Waals surface area contributed by atoms with E-state index in [1.165, 1.54) is 0 Å². The summed E-state index contributed by atoms with van der Waals surface area (Å²) in [6, 6.07) is -0.0447. The van der Waals surface area contributed by atoms with Gasteiger partial charge in [0.2, 0.25) is 0 Å². The van der Waals surface area contributed by atoms with Crippen molar-refractivity contribution in [1.29, 1.82) is 0 Å². The van der Waals surface area contributed by atoms with E-state index in [2.05, 4.69) is 14.7 Å². The SMILES string of the molecule is CC(CN(CC(=O)O)C1CCCCC1COO)N(CCOO)CCOO. The first kappa shape index (κ1) is 23.2. The molecule has 0 aromatic carbocycles. The monoisotopic (exact) mass is 380 g/mol. The second-order valence-electron chi connectivity index (χ2n) is 6.78. The average Bonchev–Trinajstić information content (AvgIpc) is 2.61. The van der Waals surface area contributed by atoms with Crippen molar-refractivity contribution in [1.82, 2.24) is 9.80 Å². The fourth-order valence-electron chi connectivity index (χ4n) is 3.77. The molecule has 1 rings (SSSR count). The fourth-order valence-corrected chi connectivity index (χ4v) is 3.77. The molecule has 10 heteroatoms. The molecule has 154 valence electrons. The van der Waals surface area contributed by atoms with Gasteiger partial charge in [-0.1, -0.05) is 12.8 Å². The Labute approximate surface area is 153 Å². The standard InChI is InChI=1S/C16H32N2O8/c1-13(17(6-8-24-21)7-9-25-22)10-18(11-16(19)20)15-5-3-2-4-14(15)12-26-23/h13-15,21-23H,2-12H2,1H3,(H,19,20). The molecule has 0 aliphatic heterocycles. The van der Waals surface area contributed by atoms with Crippen LogP contribution in [0.3, 0.4) is 0 Å². The maximum atomic E-state index is 11.4. The molecule has 0 saturated heterocycles. The van der Waals surface area contributed by atoms with Crippen molar-refractivity contribution >= 4 is 5.97 Å². The van der Waals surface area contributed by atoms with Crippen molar-refractivity contribution in [2.75, 3.05) is 46.0 Å². The van der Waals surface area contributed by atoms with Crippen LogP contribution in [-0.4, -0.2) is 94.7 Å². The van der Waals surface area contributed by atoms with Gasteiger partial charge in [-0.2, -0.15) is 0 Å². The molecular formula is C16H32N2O8. The number of rotatable bonds is 14. The van der Waals surface area contributed by atoms with Crippen LogP contribution in [0, 0.1) is 5.92 Å². The summed E-state index contributed by atoms with van der Waals surface area (Å²) in [5.41, 5.74) is 0. The van der Waals surface area contributed by atoms with Gasteiger partial charge in [-0.05, 0) is 19.8 Å². The molecule has 1 fully saturated rings. The molecule has 0 heterocycles. The minimum absolute atomic E-state index is 0.0134. The Morgan fingerprint density at radius 1 is 1.08 bits per heavy atom. The molecule has 3 unspecified atom stereocenters. The lowest BCUT2D eigenvalue weighted by molar-refractivity contribution is -0.256. The summed E-state index contributed by atoms with van der Waals surface area (Å²) in [4.78, 5) is 27.9. The summed E-state index contributed by atoms with van der Waals surface area (Å²) in [7, 11) is 0. The lowest BCUT2D eigenvalue weighted by Crippen LogP contribution is -2.52. The van der Waals surface area contributed by atoms with E-state index in [1.54, 1.807) is 0 Å². The predicted octanol–water partition coefficient (Wildman–Crippen LogP) is 1.09. The van der Waals surface area contributed by atoms with Gasteiger partial charge in [0.15, 0.2) is 0 Å². The number of hydrogen-bond acceptors (Lipinski definition) is 9. The maximum Gasteiger partial charge on any atom is 0.317 e. The zero-order chi connectivity index (χ0) is 19.4. The largest absolute Gasteiger partial charge is 0.480 e. The predicted molar refractivity (Wildman–Crippen MR) is 91.7 cm³/mol. The van der Waals surface area contributed by atoms with E-state index in [1.807, 2.05) is 16.7 Å². The number of carbonyl (C=O) groups is 1. The second-order valence-corrected chi connectivity index (χ2v) is 6.78. The Morgan fingerprint density at radius 3 is 2.23 bits per heavy atom. The molecule has 4 N–H and O–H groups in total. The maximum absolute atomic E-state index is 11.4. The van der Waals surface area contributed by atoms with Crippen LogP contribution in [0.15, 0.2) is 0 Å². The zero-order valence-electron chi connectivity index (χ0n) is 15.3. The molecule has 0 amide bonds. The molecule has 0 spiro atoms. The molecule has 0 aromatic heterocycles. The van der Waals surface area contributed by atoms with Gasteiger partial charge in [0, 0.05) is 37.6 Å². The third-order valence-electron chi connectivity index (χ3n) is 5.03. The molecule has 26 heavy (non-hydrogen) atoms. The first-order valence-electron chi connectivity index (χ1n) is 9.02. The average molecular weight is 380 g/mol. The van der Waals surface area contributed by atoms with Crippen LogP contribution < -0.4 is 0 Å². The van der Waals surface area contributed by atoms with E-state index >= 15 is 0 Å². The quantitative estimate of drug-likeness (QED) is 0.256. The summed E-state index contributed by atoms with van der Waals surface area (Å²) in [6.07, 6.45) is 3.79. The molecule has 1 aliphatic rings. The van der Waals surface area contributed by atoms with Crippen molar-refractivity contribution in [3.8, 4) is 0 Å². The Bertz CT molecular complexity index is 377. The molecule has 0 aromatic rings. The van der Waals surface area contributed by atoms with Gasteiger partial charge in [-0.3, -0.25) is 30.4 Å². The van der Waals surface area contributed by atoms with Gasteiger partial charge in [-0.25, -0.2) is 14.7 Å². The third-order valence-corrected chi connectivity index (χ3v) is 5.03. The number of carboxylic acids is 1. The van der Waals surface area contributed by atoms with Crippen LogP contribution in [0.4, 0.5) is 0 Å². The van der Waals surface area contributed by atoms with Crippen molar-refractivity contribution in [2.45, 2.75) is 44.7 Å². The lowest BCUT2D eigenvalue weighted by Gasteiger charge is -2.41. The van der Waals surface area contributed by atoms with Crippen molar-refractivity contribution in [2.24, 2.45) is 5.92 Å². The van der Waals surface area contributed by atoms with E-state index in [0.29, 0.717) is 19.6 Å². The normalized spacial score (nSPS) is 22.1. The zero-order valence-corrected chi connectivity index (χ0v) is 15.3. The second kappa shape index (κ2) is 13.3. The summed E-state index contributed by atoms with van der Waals surface area (Å²) in [5.74, 6) is -0.828. The van der Waals surface area contributed by atoms with Crippen LogP contribution in [0.2, 0.25) is 0 Å². The molecule has 1 aliphatic carbocycles. The van der Waals surface area contributed by atoms with Gasteiger partial charge >= 0.3 is 5.97 Å². The highest BCUT2D eigenvalue weighted by molar-refractivity contribution is 5.69. The first-order valence-corrected chi connectivity index (χ1v) is 9.02. The summed E-state index contributed by atoms with van der Waals surface area (Å²) < 4.78 is 0. The summed E-state index contributed by atoms with van der Waals surface area (Å²) >= 11 is 0. The minimum Gasteiger partial charge on any atom is -0.480 e. The van der Waals surface area contributed by atoms with Crippen LogP contribution in [0.5, 0.6) is 0 Å². The fraction of sp³-hybridized carbons (Fsp3) is 0.938. The van der Waals surface area contributed by atoms with Gasteiger partial charge in [0.25, 0.3) is 0 Å². The van der Waals surface area contributed by atoms with Gasteiger partial charge in [-0.15, -0.1) is 0 Å². The van der Waals surface area contributed by atoms with Gasteiger partial charge < -0.3 is 5.11 Å². The molecule has 3 atom stereocenters. The van der Waals surface area contributed by atoms with E-state index < -0.39 is 5.97 Å².